The lowest BCUT2D eigenvalue weighted by atomic mass is 10.1. The number of halogens is 1. The first-order valence-corrected chi connectivity index (χ1v) is 7.84. The maximum atomic E-state index is 6.07. The molecule has 120 valence electrons. The third kappa shape index (κ3) is 8.27. The first-order chi connectivity index (χ1) is 10.3. The van der Waals surface area contributed by atoms with Crippen LogP contribution >= 0.6 is 11.6 Å². The fourth-order valence-electron chi connectivity index (χ4n) is 1.84. The molecule has 0 bridgehead atoms. The van der Waals surface area contributed by atoms with Gasteiger partial charge in [-0.2, -0.15) is 0 Å². The van der Waals surface area contributed by atoms with Crippen LogP contribution in [0.2, 0.25) is 5.02 Å². The summed E-state index contributed by atoms with van der Waals surface area (Å²) in [7, 11) is 1.72. The molecule has 1 aromatic rings. The number of ether oxygens (including phenoxy) is 3. The predicted octanol–water partition coefficient (Wildman–Crippen LogP) is 2.92. The van der Waals surface area contributed by atoms with Crippen molar-refractivity contribution in [1.29, 1.82) is 0 Å². The lowest BCUT2D eigenvalue weighted by molar-refractivity contribution is 0.101. The summed E-state index contributed by atoms with van der Waals surface area (Å²) in [4.78, 5) is 0. The Balaban J connectivity index is 2.01. The van der Waals surface area contributed by atoms with Crippen molar-refractivity contribution in [1.82, 2.24) is 5.32 Å². The Hall–Kier alpha value is -0.810. The standard InChI is InChI=1S/C16H26ClNO3/c1-3-14-13-15(5-6-16(14)17)21-12-11-20-10-8-18-7-4-9-19-2/h5-6,13,18H,3-4,7-12H2,1-2H3. The third-order valence-electron chi connectivity index (χ3n) is 3.02. The number of hydrogen-bond acceptors (Lipinski definition) is 4. The summed E-state index contributed by atoms with van der Waals surface area (Å²) in [6.45, 7) is 6.51. The van der Waals surface area contributed by atoms with Crippen molar-refractivity contribution in [3.63, 3.8) is 0 Å². The second-order valence-corrected chi connectivity index (χ2v) is 5.07. The molecule has 0 aliphatic rings. The summed E-state index contributed by atoms with van der Waals surface area (Å²) in [6, 6.07) is 5.75. The van der Waals surface area contributed by atoms with Gasteiger partial charge in [0.1, 0.15) is 12.4 Å². The third-order valence-corrected chi connectivity index (χ3v) is 3.39. The van der Waals surface area contributed by atoms with Gasteiger partial charge in [-0.1, -0.05) is 18.5 Å². The highest BCUT2D eigenvalue weighted by Gasteiger charge is 2.01. The van der Waals surface area contributed by atoms with Crippen molar-refractivity contribution < 1.29 is 14.2 Å². The van der Waals surface area contributed by atoms with Gasteiger partial charge < -0.3 is 19.5 Å². The number of nitrogens with one attached hydrogen (secondary N) is 1. The quantitative estimate of drug-likeness (QED) is 0.602. The molecule has 0 atom stereocenters. The monoisotopic (exact) mass is 315 g/mol. The van der Waals surface area contributed by atoms with Crippen molar-refractivity contribution in [2.45, 2.75) is 19.8 Å². The molecule has 0 fully saturated rings. The van der Waals surface area contributed by atoms with E-state index in [1.165, 1.54) is 0 Å². The lowest BCUT2D eigenvalue weighted by Crippen LogP contribution is -2.22. The number of hydrogen-bond donors (Lipinski definition) is 1. The summed E-state index contributed by atoms with van der Waals surface area (Å²) in [5, 5.41) is 4.08. The van der Waals surface area contributed by atoms with Gasteiger partial charge in [-0.15, -0.1) is 0 Å². The largest absolute Gasteiger partial charge is 0.491 e. The molecule has 0 unspecified atom stereocenters. The zero-order valence-electron chi connectivity index (χ0n) is 13.0. The van der Waals surface area contributed by atoms with Gasteiger partial charge in [0, 0.05) is 25.3 Å². The smallest absolute Gasteiger partial charge is 0.119 e. The SMILES string of the molecule is CCc1cc(OCCOCCNCCCOC)ccc1Cl. The molecule has 0 radical (unpaired) electrons. The Morgan fingerprint density at radius 2 is 1.95 bits per heavy atom. The van der Waals surface area contributed by atoms with Crippen molar-refractivity contribution >= 4 is 11.6 Å². The van der Waals surface area contributed by atoms with E-state index in [9.17, 15) is 0 Å². The molecular formula is C16H26ClNO3. The Morgan fingerprint density at radius 1 is 1.10 bits per heavy atom. The van der Waals surface area contributed by atoms with E-state index >= 15 is 0 Å². The highest BCUT2D eigenvalue weighted by molar-refractivity contribution is 6.31. The molecule has 5 heteroatoms. The van der Waals surface area contributed by atoms with E-state index in [1.807, 2.05) is 18.2 Å². The molecule has 4 nitrogen and oxygen atoms in total. The van der Waals surface area contributed by atoms with Gasteiger partial charge in [-0.25, -0.2) is 0 Å². The zero-order chi connectivity index (χ0) is 15.3. The summed E-state index contributed by atoms with van der Waals surface area (Å²) in [6.07, 6.45) is 1.93. The molecule has 0 aliphatic carbocycles. The summed E-state index contributed by atoms with van der Waals surface area (Å²) < 4.78 is 16.1. The Kier molecular flexibility index (Phi) is 10.3. The number of rotatable bonds is 12. The van der Waals surface area contributed by atoms with Gasteiger partial charge in [-0.05, 0) is 43.1 Å². The van der Waals surface area contributed by atoms with Gasteiger partial charge in [0.15, 0.2) is 0 Å². The van der Waals surface area contributed by atoms with Gasteiger partial charge in [0.05, 0.1) is 13.2 Å². The summed E-state index contributed by atoms with van der Waals surface area (Å²) >= 11 is 6.07. The van der Waals surface area contributed by atoms with E-state index < -0.39 is 0 Å². The van der Waals surface area contributed by atoms with Crippen LogP contribution in [0.15, 0.2) is 18.2 Å². The first kappa shape index (κ1) is 18.2. The van der Waals surface area contributed by atoms with Crippen LogP contribution in [-0.2, 0) is 15.9 Å². The van der Waals surface area contributed by atoms with Gasteiger partial charge >= 0.3 is 0 Å². The van der Waals surface area contributed by atoms with Gasteiger partial charge in [0.2, 0.25) is 0 Å². The maximum Gasteiger partial charge on any atom is 0.119 e. The second-order valence-electron chi connectivity index (χ2n) is 4.66. The average Bonchev–Trinajstić information content (AvgIpc) is 2.50. The van der Waals surface area contributed by atoms with Crippen LogP contribution in [0, 0.1) is 0 Å². The van der Waals surface area contributed by atoms with Crippen molar-refractivity contribution in [3.05, 3.63) is 28.8 Å². The molecule has 1 aromatic carbocycles. The van der Waals surface area contributed by atoms with Crippen LogP contribution in [-0.4, -0.2) is 46.6 Å². The van der Waals surface area contributed by atoms with E-state index in [0.29, 0.717) is 19.8 Å². The van der Waals surface area contributed by atoms with E-state index in [-0.39, 0.29) is 0 Å². The van der Waals surface area contributed by atoms with Crippen LogP contribution in [0.4, 0.5) is 0 Å². The van der Waals surface area contributed by atoms with E-state index in [0.717, 1.165) is 48.9 Å². The molecule has 0 saturated carbocycles. The highest BCUT2D eigenvalue weighted by Crippen LogP contribution is 2.22. The van der Waals surface area contributed by atoms with Crippen molar-refractivity contribution in [3.8, 4) is 5.75 Å². The molecule has 0 heterocycles. The molecule has 1 rings (SSSR count). The molecule has 0 aromatic heterocycles. The molecule has 1 N–H and O–H groups in total. The van der Waals surface area contributed by atoms with E-state index in [4.69, 9.17) is 25.8 Å². The number of aryl methyl sites for hydroxylation is 1. The summed E-state index contributed by atoms with van der Waals surface area (Å²) in [5.74, 6) is 0.845. The fraction of sp³-hybridized carbons (Fsp3) is 0.625. The van der Waals surface area contributed by atoms with Gasteiger partial charge in [0.25, 0.3) is 0 Å². The minimum Gasteiger partial charge on any atom is -0.491 e. The topological polar surface area (TPSA) is 39.7 Å². The molecule has 0 amide bonds. The Bertz CT molecular complexity index is 388. The zero-order valence-corrected chi connectivity index (χ0v) is 13.7. The fourth-order valence-corrected chi connectivity index (χ4v) is 2.09. The lowest BCUT2D eigenvalue weighted by Gasteiger charge is -2.09. The normalized spacial score (nSPS) is 10.8. The molecule has 21 heavy (non-hydrogen) atoms. The number of methoxy groups -OCH3 is 1. The van der Waals surface area contributed by atoms with Crippen LogP contribution in [0.25, 0.3) is 0 Å². The number of benzene rings is 1. The van der Waals surface area contributed by atoms with Crippen LogP contribution in [0.5, 0.6) is 5.75 Å². The molecule has 0 spiro atoms. The van der Waals surface area contributed by atoms with Crippen molar-refractivity contribution in [2.24, 2.45) is 0 Å². The van der Waals surface area contributed by atoms with E-state index in [2.05, 4.69) is 12.2 Å². The minimum atomic E-state index is 0.550. The summed E-state index contributed by atoms with van der Waals surface area (Å²) in [5.41, 5.74) is 1.11. The van der Waals surface area contributed by atoms with Crippen LogP contribution in [0.3, 0.4) is 0 Å². The molecule has 0 saturated heterocycles. The minimum absolute atomic E-state index is 0.550. The van der Waals surface area contributed by atoms with Crippen molar-refractivity contribution in [2.75, 3.05) is 46.6 Å². The molecule has 0 aliphatic heterocycles. The first-order valence-electron chi connectivity index (χ1n) is 7.46. The second kappa shape index (κ2) is 11.8. The Labute approximate surface area is 132 Å². The van der Waals surface area contributed by atoms with Gasteiger partial charge in [-0.3, -0.25) is 0 Å². The average molecular weight is 316 g/mol. The Morgan fingerprint density at radius 3 is 2.71 bits per heavy atom. The maximum absolute atomic E-state index is 6.07. The highest BCUT2D eigenvalue weighted by atomic mass is 35.5. The van der Waals surface area contributed by atoms with Crippen LogP contribution < -0.4 is 10.1 Å². The van der Waals surface area contributed by atoms with E-state index in [1.54, 1.807) is 7.11 Å². The van der Waals surface area contributed by atoms with Crippen LogP contribution in [0.1, 0.15) is 18.9 Å². The molecular weight excluding hydrogens is 290 g/mol. The predicted molar refractivity (Wildman–Crippen MR) is 86.5 cm³/mol.